The lowest BCUT2D eigenvalue weighted by Gasteiger charge is -2.50. The van der Waals surface area contributed by atoms with Gasteiger partial charge in [-0.25, -0.2) is 4.57 Å². The van der Waals surface area contributed by atoms with Gasteiger partial charge in [0, 0.05) is 25.7 Å². The molecule has 117 heavy (non-hydrogen) atoms. The van der Waals surface area contributed by atoms with Crippen molar-refractivity contribution in [3.63, 3.8) is 0 Å². The summed E-state index contributed by atoms with van der Waals surface area (Å²) in [5.41, 5.74) is 0. The van der Waals surface area contributed by atoms with E-state index in [0.717, 1.165) is 161 Å². The lowest BCUT2D eigenvalue weighted by atomic mass is 9.84. The maximum Gasteiger partial charge on any atom is 0.472 e. The number of hydrogen-bond donors (Lipinski definition) is 10. The lowest BCUT2D eigenvalue weighted by molar-refractivity contribution is -0.360. The van der Waals surface area contributed by atoms with E-state index in [-0.39, 0.29) is 25.7 Å². The molecule has 0 aromatic heterocycles. The highest BCUT2D eigenvalue weighted by Gasteiger charge is 2.60. The Morgan fingerprint density at radius 1 is 0.333 bits per heavy atom. The van der Waals surface area contributed by atoms with Gasteiger partial charge in [-0.1, -0.05) is 295 Å². The molecule has 26 heteroatoms. The largest absolute Gasteiger partial charge is 0.472 e. The Balaban J connectivity index is 1.92. The highest BCUT2D eigenvalue weighted by molar-refractivity contribution is 7.47. The third-order valence-electron chi connectivity index (χ3n) is 22.6. The second kappa shape index (κ2) is 70.0. The van der Waals surface area contributed by atoms with Gasteiger partial charge in [-0.05, 0) is 103 Å². The van der Waals surface area contributed by atoms with Crippen molar-refractivity contribution in [3.8, 4) is 0 Å². The van der Waals surface area contributed by atoms with Crippen molar-refractivity contribution in [2.24, 2.45) is 0 Å². The highest BCUT2D eigenvalue weighted by Crippen LogP contribution is 2.49. The van der Waals surface area contributed by atoms with Crippen LogP contribution in [0.4, 0.5) is 0 Å². The predicted molar refractivity (Wildman–Crippen MR) is 453 cm³/mol. The van der Waals surface area contributed by atoms with Gasteiger partial charge in [-0.15, -0.1) is 0 Å². The third-order valence-corrected chi connectivity index (χ3v) is 23.6. The van der Waals surface area contributed by atoms with Gasteiger partial charge in [0.25, 0.3) is 0 Å². The van der Waals surface area contributed by atoms with Crippen LogP contribution in [-0.4, -0.2) is 205 Å². The number of phosphoric ester groups is 1. The summed E-state index contributed by atoms with van der Waals surface area (Å²) < 4.78 is 73.4. The Kier molecular flexibility index (Phi) is 64.6. The Bertz CT molecular complexity index is 2580. The van der Waals surface area contributed by atoms with Gasteiger partial charge in [0.2, 0.25) is 0 Å². The topological polar surface area (TPSA) is 380 Å². The number of unbranched alkanes of at least 4 members (excludes halogenated alkanes) is 45. The number of allylic oxidation sites excluding steroid dienone is 6. The molecule has 3 rings (SSSR count). The Hall–Kier alpha value is -3.31. The molecule has 2 heterocycles. The summed E-state index contributed by atoms with van der Waals surface area (Å²) in [5.74, 6) is -2.99. The molecule has 18 unspecified atom stereocenters. The number of ether oxygens (including phenoxy) is 8. The summed E-state index contributed by atoms with van der Waals surface area (Å²) in [6.45, 7) is 5.54. The molecule has 0 spiro atoms. The molecular weight excluding hydrogens is 1520 g/mol. The van der Waals surface area contributed by atoms with E-state index in [1.807, 2.05) is 0 Å². The molecule has 1 saturated carbocycles. The van der Waals surface area contributed by atoms with Crippen LogP contribution in [0.15, 0.2) is 36.5 Å². The van der Waals surface area contributed by atoms with Crippen LogP contribution in [0.2, 0.25) is 0 Å². The van der Waals surface area contributed by atoms with E-state index >= 15 is 0 Å². The molecule has 0 aromatic carbocycles. The van der Waals surface area contributed by atoms with Crippen LogP contribution in [0.5, 0.6) is 0 Å². The summed E-state index contributed by atoms with van der Waals surface area (Å²) >= 11 is 0. The molecule has 3 aliphatic rings. The van der Waals surface area contributed by atoms with Crippen molar-refractivity contribution in [1.29, 1.82) is 0 Å². The highest BCUT2D eigenvalue weighted by atomic mass is 31.2. The third kappa shape index (κ3) is 50.3. The van der Waals surface area contributed by atoms with Crippen LogP contribution in [0, 0.1) is 0 Å². The van der Waals surface area contributed by atoms with E-state index < -0.39 is 162 Å². The summed E-state index contributed by atoms with van der Waals surface area (Å²) in [7, 11) is -5.81. The number of hydrogen-bond acceptors (Lipinski definition) is 24. The number of carbonyl (C=O) groups excluding carboxylic acids is 4. The normalized spacial score (nSPS) is 25.2. The SMILES string of the molecule is CCCCCC/C=C\CCCCCCCCCC(=O)OCC1OC(OC2C(OC(=O)CCCCCCCCCCCCCCCCC)C(O)C(O)C(OC3OC(CO)C(O)C(O)C3O)C2OP(=O)(O)OCC(COC(=O)CCCCC/C=C\CCCCCCCC)OC(=O)CCCCCCCCC/C=C\CCCCCC)C(O)C(O)C1O. The van der Waals surface area contributed by atoms with Crippen molar-refractivity contribution in [2.45, 2.75) is 491 Å². The first-order valence-corrected chi connectivity index (χ1v) is 48.2. The smallest absolute Gasteiger partial charge is 0.463 e. The van der Waals surface area contributed by atoms with Crippen molar-refractivity contribution >= 4 is 31.7 Å². The molecule has 2 aliphatic heterocycles. The van der Waals surface area contributed by atoms with Crippen LogP contribution in [0.25, 0.3) is 0 Å². The quantitative estimate of drug-likeness (QED) is 0.00889. The zero-order valence-electron chi connectivity index (χ0n) is 72.7. The van der Waals surface area contributed by atoms with Gasteiger partial charge in [-0.2, -0.15) is 0 Å². The van der Waals surface area contributed by atoms with Crippen LogP contribution in [0.3, 0.4) is 0 Å². The fourth-order valence-electron chi connectivity index (χ4n) is 15.1. The average molecular weight is 1690 g/mol. The number of aliphatic hydroxyl groups is 9. The summed E-state index contributed by atoms with van der Waals surface area (Å²) in [5, 5.41) is 102. The van der Waals surface area contributed by atoms with Crippen molar-refractivity contribution in [3.05, 3.63) is 36.5 Å². The van der Waals surface area contributed by atoms with Crippen LogP contribution in [0.1, 0.15) is 387 Å². The maximum atomic E-state index is 14.9. The molecule has 0 radical (unpaired) electrons. The second-order valence-electron chi connectivity index (χ2n) is 33.2. The van der Waals surface area contributed by atoms with Gasteiger partial charge in [0.1, 0.15) is 92.6 Å². The van der Waals surface area contributed by atoms with E-state index in [9.17, 15) is 74.6 Å². The molecule has 2 saturated heterocycles. The lowest BCUT2D eigenvalue weighted by Crippen LogP contribution is -2.70. The number of phosphoric acid groups is 1. The van der Waals surface area contributed by atoms with Gasteiger partial charge in [0.15, 0.2) is 24.8 Å². The minimum Gasteiger partial charge on any atom is -0.463 e. The first-order chi connectivity index (χ1) is 56.7. The number of esters is 4. The van der Waals surface area contributed by atoms with E-state index in [0.29, 0.717) is 38.5 Å². The molecule has 18 atom stereocenters. The predicted octanol–water partition coefficient (Wildman–Crippen LogP) is 17.1. The van der Waals surface area contributed by atoms with E-state index in [4.69, 9.17) is 46.9 Å². The van der Waals surface area contributed by atoms with Gasteiger partial charge in [-0.3, -0.25) is 28.2 Å². The summed E-state index contributed by atoms with van der Waals surface area (Å²) in [4.78, 5) is 66.4. The molecule has 0 amide bonds. The average Bonchev–Trinajstić information content (AvgIpc) is 0.754. The molecule has 0 bridgehead atoms. The van der Waals surface area contributed by atoms with Gasteiger partial charge < -0.3 is 88.7 Å². The Morgan fingerprint density at radius 2 is 0.641 bits per heavy atom. The van der Waals surface area contributed by atoms with Crippen LogP contribution < -0.4 is 0 Å². The van der Waals surface area contributed by atoms with Gasteiger partial charge >= 0.3 is 31.7 Å². The van der Waals surface area contributed by atoms with Crippen LogP contribution >= 0.6 is 7.82 Å². The van der Waals surface area contributed by atoms with E-state index in [1.165, 1.54) is 135 Å². The van der Waals surface area contributed by atoms with Crippen molar-refractivity contribution in [2.75, 3.05) is 26.4 Å². The number of carbonyl (C=O) groups is 4. The molecule has 684 valence electrons. The summed E-state index contributed by atoms with van der Waals surface area (Å²) in [6, 6.07) is 0. The minimum absolute atomic E-state index is 0.00820. The van der Waals surface area contributed by atoms with Crippen LogP contribution in [-0.2, 0) is 70.7 Å². The number of aliphatic hydroxyl groups excluding tert-OH is 9. The molecule has 1 aliphatic carbocycles. The molecule has 25 nitrogen and oxygen atoms in total. The van der Waals surface area contributed by atoms with Crippen molar-refractivity contribution in [1.82, 2.24) is 0 Å². The molecule has 0 aromatic rings. The van der Waals surface area contributed by atoms with E-state index in [1.54, 1.807) is 0 Å². The van der Waals surface area contributed by atoms with Crippen molar-refractivity contribution < 1.29 is 122 Å². The Morgan fingerprint density at radius 3 is 1.03 bits per heavy atom. The second-order valence-corrected chi connectivity index (χ2v) is 34.6. The monoisotopic (exact) mass is 1690 g/mol. The fraction of sp³-hybridized carbons (Fsp3) is 0.890. The zero-order chi connectivity index (χ0) is 85.4. The van der Waals surface area contributed by atoms with E-state index in [2.05, 4.69) is 64.2 Å². The molecular formula is C91H165O25P. The fourth-order valence-corrected chi connectivity index (χ4v) is 16.1. The molecule has 10 N–H and O–H groups in total. The zero-order valence-corrected chi connectivity index (χ0v) is 73.6. The van der Waals surface area contributed by atoms with Gasteiger partial charge in [0.05, 0.1) is 13.2 Å². The standard InChI is InChI=1S/C91H165O25P/c1-5-9-13-17-21-25-29-33-36-40-44-48-52-56-60-64-75(94)108-70-73-79(98)81(100)85(104)91(112-73)115-88-86(113-77(96)66-62-58-54-50-46-42-38-35-31-27-23-19-15-11-7-3)82(101)83(102)87(114-90-84(103)80(99)78(97)72(67-92)111-90)89(88)116-117(105,106)109-69-71(68-107-74(93)63-59-55-51-47-43-39-32-28-24-20-16-12-8-4)110-76(95)65-61-57-53-49-45-41-37-34-30-26-22-18-14-10-6-2/h25-26,29-30,39,43,71-73,78-92,97-104H,5-24,27-28,31-38,40-42,44-70H2,1-4H3,(H,105,106)/b29-25-,30-26-,43-39-. The minimum atomic E-state index is -5.81. The number of rotatable bonds is 75. The first-order valence-electron chi connectivity index (χ1n) is 46.7. The Labute approximate surface area is 704 Å². The maximum absolute atomic E-state index is 14.9. The first kappa shape index (κ1) is 108. The summed E-state index contributed by atoms with van der Waals surface area (Å²) in [6.07, 6.45) is 31.3. The molecule has 3 fully saturated rings.